The van der Waals surface area contributed by atoms with Gasteiger partial charge in [-0.2, -0.15) is 0 Å². The molecule has 0 atom stereocenters. The number of carbonyl (C=O) groups excluding carboxylic acids is 1. The molecule has 0 aliphatic carbocycles. The van der Waals surface area contributed by atoms with Crippen LogP contribution in [0.1, 0.15) is 32.7 Å². The van der Waals surface area contributed by atoms with E-state index < -0.39 is 0 Å². The molecule has 29 heavy (non-hydrogen) atoms. The van der Waals surface area contributed by atoms with Crippen molar-refractivity contribution in [2.45, 2.75) is 27.3 Å². The monoisotopic (exact) mass is 390 g/mol. The Balaban J connectivity index is 1.39. The van der Waals surface area contributed by atoms with Gasteiger partial charge in [-0.3, -0.25) is 4.79 Å². The van der Waals surface area contributed by atoms with Crippen LogP contribution in [0.15, 0.2) is 42.5 Å². The number of hydrogen-bond acceptors (Lipinski definition) is 6. The van der Waals surface area contributed by atoms with Gasteiger partial charge in [0, 0.05) is 12.2 Å². The molecule has 1 aromatic heterocycles. The van der Waals surface area contributed by atoms with Crippen LogP contribution in [0, 0.1) is 20.8 Å². The van der Waals surface area contributed by atoms with Crippen LogP contribution in [0.4, 0.5) is 11.5 Å². The summed E-state index contributed by atoms with van der Waals surface area (Å²) in [4.78, 5) is 12.4. The number of anilines is 2. The lowest BCUT2D eigenvalue weighted by Crippen LogP contribution is -2.24. The molecule has 0 bridgehead atoms. The third-order valence-electron chi connectivity index (χ3n) is 4.72. The van der Waals surface area contributed by atoms with E-state index in [0.29, 0.717) is 23.9 Å². The number of nitrogens with one attached hydrogen (secondary N) is 2. The quantitative estimate of drug-likeness (QED) is 0.689. The van der Waals surface area contributed by atoms with E-state index in [9.17, 15) is 4.79 Å². The first-order valence-corrected chi connectivity index (χ1v) is 9.35. The van der Waals surface area contributed by atoms with E-state index >= 15 is 0 Å². The fraction of sp³-hybridized carbons (Fsp3) is 0.227. The second-order valence-corrected chi connectivity index (χ2v) is 7.07. The van der Waals surface area contributed by atoms with Crippen molar-refractivity contribution in [3.8, 4) is 11.5 Å². The highest BCUT2D eigenvalue weighted by molar-refractivity contribution is 5.92. The molecule has 0 saturated heterocycles. The fourth-order valence-electron chi connectivity index (χ4n) is 3.35. The predicted octanol–water partition coefficient (Wildman–Crippen LogP) is 3.80. The standard InChI is InChI=1S/C22H22N4O3/c1-13-8-14(2)21(15(3)9-13)24-20-7-5-17(25-26-20)22(27)23-11-16-4-6-18-19(10-16)29-12-28-18/h4-10H,11-12H2,1-3H3,(H,23,27)(H,24,26). The topological polar surface area (TPSA) is 85.4 Å². The summed E-state index contributed by atoms with van der Waals surface area (Å²) in [5.74, 6) is 1.71. The van der Waals surface area contributed by atoms with Crippen LogP contribution in [0.2, 0.25) is 0 Å². The predicted molar refractivity (Wildman–Crippen MR) is 110 cm³/mol. The van der Waals surface area contributed by atoms with Gasteiger partial charge < -0.3 is 20.1 Å². The molecule has 2 heterocycles. The van der Waals surface area contributed by atoms with Crippen molar-refractivity contribution in [3.63, 3.8) is 0 Å². The highest BCUT2D eigenvalue weighted by Gasteiger charge is 2.14. The van der Waals surface area contributed by atoms with Crippen molar-refractivity contribution < 1.29 is 14.3 Å². The summed E-state index contributed by atoms with van der Waals surface area (Å²) < 4.78 is 10.6. The Morgan fingerprint density at radius 1 is 0.966 bits per heavy atom. The summed E-state index contributed by atoms with van der Waals surface area (Å²) in [6, 6.07) is 13.2. The second kappa shape index (κ2) is 7.79. The van der Waals surface area contributed by atoms with Crippen molar-refractivity contribution in [2.24, 2.45) is 0 Å². The summed E-state index contributed by atoms with van der Waals surface area (Å²) in [5, 5.41) is 14.3. The molecule has 148 valence electrons. The fourth-order valence-corrected chi connectivity index (χ4v) is 3.35. The van der Waals surface area contributed by atoms with Crippen LogP contribution in [0.3, 0.4) is 0 Å². The minimum absolute atomic E-state index is 0.225. The van der Waals surface area contributed by atoms with E-state index in [2.05, 4.69) is 39.9 Å². The second-order valence-electron chi connectivity index (χ2n) is 7.07. The average Bonchev–Trinajstić information content (AvgIpc) is 3.17. The van der Waals surface area contributed by atoms with E-state index in [1.54, 1.807) is 12.1 Å². The molecule has 7 heteroatoms. The molecule has 0 unspecified atom stereocenters. The van der Waals surface area contributed by atoms with Crippen molar-refractivity contribution in [1.82, 2.24) is 15.5 Å². The Bertz CT molecular complexity index is 1040. The number of hydrogen-bond donors (Lipinski definition) is 2. The molecule has 0 radical (unpaired) electrons. The molecule has 2 N–H and O–H groups in total. The maximum absolute atomic E-state index is 12.4. The van der Waals surface area contributed by atoms with Gasteiger partial charge in [-0.05, 0) is 61.7 Å². The normalized spacial score (nSPS) is 12.0. The van der Waals surface area contributed by atoms with E-state index in [1.165, 1.54) is 5.56 Å². The summed E-state index contributed by atoms with van der Waals surface area (Å²) in [6.45, 7) is 6.75. The molecule has 1 aliphatic rings. The largest absolute Gasteiger partial charge is 0.454 e. The molecule has 4 rings (SSSR count). The maximum atomic E-state index is 12.4. The third-order valence-corrected chi connectivity index (χ3v) is 4.72. The number of amides is 1. The third kappa shape index (κ3) is 4.13. The molecule has 0 spiro atoms. The van der Waals surface area contributed by atoms with E-state index in [-0.39, 0.29) is 18.4 Å². The van der Waals surface area contributed by atoms with E-state index in [4.69, 9.17) is 9.47 Å². The first kappa shape index (κ1) is 18.7. The Labute approximate surface area is 169 Å². The average molecular weight is 390 g/mol. The number of nitrogens with zero attached hydrogens (tertiary/aromatic N) is 2. The molecule has 0 saturated carbocycles. The van der Waals surface area contributed by atoms with E-state index in [0.717, 1.165) is 22.4 Å². The van der Waals surface area contributed by atoms with Crippen molar-refractivity contribution in [3.05, 3.63) is 70.4 Å². The van der Waals surface area contributed by atoms with Crippen LogP contribution >= 0.6 is 0 Å². The number of ether oxygens (including phenoxy) is 2. The molecule has 2 aromatic carbocycles. The van der Waals surface area contributed by atoms with Gasteiger partial charge in [-0.1, -0.05) is 23.8 Å². The minimum Gasteiger partial charge on any atom is -0.454 e. The summed E-state index contributed by atoms with van der Waals surface area (Å²) in [7, 11) is 0. The number of benzene rings is 2. The van der Waals surface area contributed by atoms with Crippen LogP contribution in [0.5, 0.6) is 11.5 Å². The van der Waals surface area contributed by atoms with Gasteiger partial charge >= 0.3 is 0 Å². The molecular weight excluding hydrogens is 368 g/mol. The van der Waals surface area contributed by atoms with Crippen LogP contribution in [0.25, 0.3) is 0 Å². The lowest BCUT2D eigenvalue weighted by atomic mass is 10.1. The molecule has 0 fully saturated rings. The molecular formula is C22H22N4O3. The number of carbonyl (C=O) groups is 1. The zero-order chi connectivity index (χ0) is 20.4. The van der Waals surface area contributed by atoms with Gasteiger partial charge in [0.1, 0.15) is 0 Å². The zero-order valence-electron chi connectivity index (χ0n) is 16.6. The number of aryl methyl sites for hydroxylation is 3. The van der Waals surface area contributed by atoms with Gasteiger partial charge in [0.2, 0.25) is 6.79 Å². The zero-order valence-corrected chi connectivity index (χ0v) is 16.6. The lowest BCUT2D eigenvalue weighted by molar-refractivity contribution is 0.0945. The van der Waals surface area contributed by atoms with Crippen molar-refractivity contribution >= 4 is 17.4 Å². The maximum Gasteiger partial charge on any atom is 0.272 e. The highest BCUT2D eigenvalue weighted by Crippen LogP contribution is 2.32. The number of rotatable bonds is 5. The van der Waals surface area contributed by atoms with Gasteiger partial charge in [0.15, 0.2) is 23.0 Å². The first-order chi connectivity index (χ1) is 14.0. The Hall–Kier alpha value is -3.61. The van der Waals surface area contributed by atoms with E-state index in [1.807, 2.05) is 32.0 Å². The Kier molecular flexibility index (Phi) is 5.03. The van der Waals surface area contributed by atoms with Crippen LogP contribution < -0.4 is 20.1 Å². The van der Waals surface area contributed by atoms with Crippen LogP contribution in [-0.2, 0) is 6.54 Å². The minimum atomic E-state index is -0.288. The lowest BCUT2D eigenvalue weighted by Gasteiger charge is -2.13. The summed E-state index contributed by atoms with van der Waals surface area (Å²) in [6.07, 6.45) is 0. The van der Waals surface area contributed by atoms with Gasteiger partial charge in [-0.25, -0.2) is 0 Å². The SMILES string of the molecule is Cc1cc(C)c(Nc2ccc(C(=O)NCc3ccc4c(c3)OCO4)nn2)c(C)c1. The molecule has 7 nitrogen and oxygen atoms in total. The first-order valence-electron chi connectivity index (χ1n) is 9.35. The highest BCUT2D eigenvalue weighted by atomic mass is 16.7. The summed E-state index contributed by atoms with van der Waals surface area (Å²) in [5.41, 5.74) is 5.66. The summed E-state index contributed by atoms with van der Waals surface area (Å²) >= 11 is 0. The molecule has 1 amide bonds. The molecule has 1 aliphatic heterocycles. The molecule has 3 aromatic rings. The Morgan fingerprint density at radius 2 is 1.72 bits per heavy atom. The van der Waals surface area contributed by atoms with Crippen LogP contribution in [-0.4, -0.2) is 22.9 Å². The van der Waals surface area contributed by atoms with Gasteiger partial charge in [0.25, 0.3) is 5.91 Å². The van der Waals surface area contributed by atoms with Gasteiger partial charge in [0.05, 0.1) is 0 Å². The van der Waals surface area contributed by atoms with Crippen molar-refractivity contribution in [1.29, 1.82) is 0 Å². The van der Waals surface area contributed by atoms with Crippen molar-refractivity contribution in [2.75, 3.05) is 12.1 Å². The Morgan fingerprint density at radius 3 is 2.45 bits per heavy atom. The smallest absolute Gasteiger partial charge is 0.272 e. The van der Waals surface area contributed by atoms with Gasteiger partial charge in [-0.15, -0.1) is 10.2 Å². The number of aromatic nitrogens is 2. The number of fused-ring (bicyclic) bond motifs is 1.